The summed E-state index contributed by atoms with van der Waals surface area (Å²) in [5, 5.41) is 17.9. The Hall–Kier alpha value is -9.10. The molecule has 0 heterocycles. The Balaban J connectivity index is 0.881. The zero-order valence-corrected chi connectivity index (χ0v) is 38.7. The van der Waals surface area contributed by atoms with Crippen LogP contribution >= 0.6 is 0 Å². The molecule has 0 unspecified atom stereocenters. The zero-order chi connectivity index (χ0) is 46.4. The van der Waals surface area contributed by atoms with Crippen LogP contribution in [0.15, 0.2) is 255 Å². The van der Waals surface area contributed by atoms with Crippen LogP contribution in [0.2, 0.25) is 0 Å². The third kappa shape index (κ3) is 5.18. The third-order valence-corrected chi connectivity index (χ3v) is 16.4. The first-order valence-electron chi connectivity index (χ1n) is 24.9. The summed E-state index contributed by atoms with van der Waals surface area (Å²) in [5.41, 5.74) is 17.8. The first-order valence-corrected chi connectivity index (χ1v) is 24.9. The SMILES string of the molecule is c1ccc2c(c1)-c1ccccc1C21c2cc3cc(-c4ccc(-c5c6ccccc6c(-c6cc7ccccc7c7ccccc67)c6ccccc56)cc4)ccc3cc2-c2c1c1ccccc1c1ccccc21. The van der Waals surface area contributed by atoms with Crippen LogP contribution in [-0.4, -0.2) is 0 Å². The second-order valence-electron chi connectivity index (χ2n) is 19.8. The molecule has 71 heavy (non-hydrogen) atoms. The number of hydrogen-bond acceptors (Lipinski definition) is 0. The van der Waals surface area contributed by atoms with Gasteiger partial charge in [-0.3, -0.25) is 0 Å². The molecule has 1 spiro atoms. The maximum atomic E-state index is 2.55. The van der Waals surface area contributed by atoms with Gasteiger partial charge < -0.3 is 0 Å². The lowest BCUT2D eigenvalue weighted by molar-refractivity contribution is 0.803. The minimum Gasteiger partial charge on any atom is -0.0619 e. The largest absolute Gasteiger partial charge is 0.0731 e. The van der Waals surface area contributed by atoms with Crippen molar-refractivity contribution in [1.29, 1.82) is 0 Å². The summed E-state index contributed by atoms with van der Waals surface area (Å²) in [6.07, 6.45) is 0. The van der Waals surface area contributed by atoms with Crippen LogP contribution < -0.4 is 0 Å². The smallest absolute Gasteiger partial charge is 0.0619 e. The molecule has 0 nitrogen and oxygen atoms in total. The molecule has 0 fully saturated rings. The maximum absolute atomic E-state index is 2.55. The van der Waals surface area contributed by atoms with E-state index in [0.29, 0.717) is 0 Å². The van der Waals surface area contributed by atoms with Gasteiger partial charge in [-0.2, -0.15) is 0 Å². The molecule has 0 N–H and O–H groups in total. The summed E-state index contributed by atoms with van der Waals surface area (Å²) < 4.78 is 0. The molecule has 0 radical (unpaired) electrons. The van der Waals surface area contributed by atoms with E-state index in [1.165, 1.54) is 153 Å². The molecule has 14 aromatic rings. The maximum Gasteiger partial charge on any atom is 0.0731 e. The van der Waals surface area contributed by atoms with E-state index in [2.05, 4.69) is 255 Å². The van der Waals surface area contributed by atoms with Crippen LogP contribution in [0, 0.1) is 0 Å². The van der Waals surface area contributed by atoms with Gasteiger partial charge >= 0.3 is 0 Å². The highest BCUT2D eigenvalue weighted by molar-refractivity contribution is 6.26. The molecule has 326 valence electrons. The molecule has 14 aromatic carbocycles. The molecule has 0 aliphatic heterocycles. The molecule has 0 saturated carbocycles. The van der Waals surface area contributed by atoms with Gasteiger partial charge in [-0.1, -0.05) is 231 Å². The highest BCUT2D eigenvalue weighted by Crippen LogP contribution is 2.66. The van der Waals surface area contributed by atoms with Gasteiger partial charge in [0, 0.05) is 0 Å². The topological polar surface area (TPSA) is 0 Å². The molecule has 0 saturated heterocycles. The Morgan fingerprint density at radius 1 is 0.197 bits per heavy atom. The van der Waals surface area contributed by atoms with Crippen molar-refractivity contribution < 1.29 is 0 Å². The second kappa shape index (κ2) is 14.5. The van der Waals surface area contributed by atoms with E-state index in [0.717, 1.165) is 0 Å². The van der Waals surface area contributed by atoms with Crippen molar-refractivity contribution in [3.63, 3.8) is 0 Å². The van der Waals surface area contributed by atoms with Crippen molar-refractivity contribution in [3.05, 3.63) is 277 Å². The van der Waals surface area contributed by atoms with Crippen molar-refractivity contribution in [2.75, 3.05) is 0 Å². The van der Waals surface area contributed by atoms with E-state index in [4.69, 9.17) is 0 Å². The van der Waals surface area contributed by atoms with Gasteiger partial charge in [0.05, 0.1) is 5.41 Å². The molecule has 2 aliphatic carbocycles. The normalized spacial score (nSPS) is 13.2. The van der Waals surface area contributed by atoms with Gasteiger partial charge in [-0.25, -0.2) is 0 Å². The van der Waals surface area contributed by atoms with Gasteiger partial charge in [-0.15, -0.1) is 0 Å². The summed E-state index contributed by atoms with van der Waals surface area (Å²) in [6, 6.07) is 96.2. The Kier molecular flexibility index (Phi) is 7.91. The first-order chi connectivity index (χ1) is 35.2. The van der Waals surface area contributed by atoms with Gasteiger partial charge in [0.1, 0.15) is 0 Å². The van der Waals surface area contributed by atoms with E-state index in [1.54, 1.807) is 0 Å². The lowest BCUT2D eigenvalue weighted by atomic mass is 9.69. The molecule has 16 rings (SSSR count). The predicted molar refractivity (Wildman–Crippen MR) is 302 cm³/mol. The van der Waals surface area contributed by atoms with Crippen LogP contribution in [0.1, 0.15) is 22.3 Å². The minimum atomic E-state index is -0.476. The van der Waals surface area contributed by atoms with E-state index >= 15 is 0 Å². The average molecular weight is 895 g/mol. The first kappa shape index (κ1) is 38.8. The van der Waals surface area contributed by atoms with Crippen molar-refractivity contribution in [2.24, 2.45) is 0 Å². The quantitative estimate of drug-likeness (QED) is 0.122. The summed E-state index contributed by atoms with van der Waals surface area (Å²) in [6.45, 7) is 0. The number of fused-ring (bicyclic) bond motifs is 21. The van der Waals surface area contributed by atoms with E-state index < -0.39 is 5.41 Å². The second-order valence-corrected chi connectivity index (χ2v) is 19.8. The third-order valence-electron chi connectivity index (χ3n) is 16.4. The summed E-state index contributed by atoms with van der Waals surface area (Å²) in [4.78, 5) is 0. The fourth-order valence-electron chi connectivity index (χ4n) is 13.6. The van der Waals surface area contributed by atoms with Crippen LogP contribution in [0.3, 0.4) is 0 Å². The monoisotopic (exact) mass is 894 g/mol. The molecular weight excluding hydrogens is 853 g/mol. The molecule has 2 aliphatic rings. The summed E-state index contributed by atoms with van der Waals surface area (Å²) in [7, 11) is 0. The number of rotatable bonds is 3. The summed E-state index contributed by atoms with van der Waals surface area (Å²) in [5.74, 6) is 0. The Morgan fingerprint density at radius 3 is 1.27 bits per heavy atom. The Labute approximate surface area is 411 Å². The fourth-order valence-corrected chi connectivity index (χ4v) is 13.6. The van der Waals surface area contributed by atoms with Crippen LogP contribution in [0.5, 0.6) is 0 Å². The lowest BCUT2D eigenvalue weighted by Crippen LogP contribution is -2.26. The van der Waals surface area contributed by atoms with Gasteiger partial charge in [-0.05, 0) is 178 Å². The van der Waals surface area contributed by atoms with Crippen LogP contribution in [0.4, 0.5) is 0 Å². The number of benzene rings is 14. The van der Waals surface area contributed by atoms with Gasteiger partial charge in [0.15, 0.2) is 0 Å². The molecule has 0 amide bonds. The van der Waals surface area contributed by atoms with Gasteiger partial charge in [0.2, 0.25) is 0 Å². The van der Waals surface area contributed by atoms with Crippen molar-refractivity contribution >= 4 is 75.4 Å². The van der Waals surface area contributed by atoms with E-state index in [-0.39, 0.29) is 0 Å². The molecular formula is C71H42. The van der Waals surface area contributed by atoms with E-state index in [1.807, 2.05) is 0 Å². The Bertz CT molecular complexity index is 4520. The standard InChI is InChI=1S/C71H42/c1-2-18-49-47(17-1)41-62(53-22-4-3-19-50(49)53)68-59-28-10-8-26-57(59)67(58-27-9-11-29-60(58)68)44-35-33-43(34-36-44)45-37-38-46-40-63-66(42-48(46)39-45)71(64-31-15-13-23-54(64)55-24-14-16-32-65(55)71)70-61-30-12-6-21-52(61)51-20-5-7-25-56(51)69(63)70/h1-42H. The Morgan fingerprint density at radius 2 is 0.634 bits per heavy atom. The molecule has 0 atom stereocenters. The molecule has 0 bridgehead atoms. The van der Waals surface area contributed by atoms with Crippen molar-refractivity contribution in [3.8, 4) is 55.6 Å². The highest BCUT2D eigenvalue weighted by atomic mass is 14.5. The zero-order valence-electron chi connectivity index (χ0n) is 38.7. The van der Waals surface area contributed by atoms with Crippen LogP contribution in [0.25, 0.3) is 131 Å². The van der Waals surface area contributed by atoms with Gasteiger partial charge in [0.25, 0.3) is 0 Å². The highest BCUT2D eigenvalue weighted by Gasteiger charge is 2.53. The molecule has 0 aromatic heterocycles. The number of hydrogen-bond donors (Lipinski definition) is 0. The van der Waals surface area contributed by atoms with Crippen molar-refractivity contribution in [2.45, 2.75) is 5.41 Å². The predicted octanol–water partition coefficient (Wildman–Crippen LogP) is 19.1. The van der Waals surface area contributed by atoms with Crippen molar-refractivity contribution in [1.82, 2.24) is 0 Å². The van der Waals surface area contributed by atoms with E-state index in [9.17, 15) is 0 Å². The van der Waals surface area contributed by atoms with Crippen LogP contribution in [-0.2, 0) is 5.41 Å². The average Bonchev–Trinajstić information content (AvgIpc) is 3.92. The fraction of sp³-hybridized carbons (Fsp3) is 0.0141. The minimum absolute atomic E-state index is 0.476. The summed E-state index contributed by atoms with van der Waals surface area (Å²) >= 11 is 0. The lowest BCUT2D eigenvalue weighted by Gasteiger charge is -2.32. The molecule has 0 heteroatoms.